The van der Waals surface area contributed by atoms with Crippen LogP contribution in [-0.2, 0) is 32.5 Å². The Labute approximate surface area is 687 Å². The largest absolute Gasteiger partial charge is 0.310 e. The van der Waals surface area contributed by atoms with Gasteiger partial charge in [0, 0.05) is 94.5 Å². The lowest BCUT2D eigenvalue weighted by Gasteiger charge is -2.46. The molecule has 0 atom stereocenters. The molecule has 6 heteroatoms. The number of fused-ring (bicyclic) bond motifs is 10. The maximum atomic E-state index is 10.4. The third-order valence-electron chi connectivity index (χ3n) is 23.2. The lowest BCUT2D eigenvalue weighted by molar-refractivity contribution is 0.531. The maximum Gasteiger partial charge on any atom is 0.252 e. The fourth-order valence-electron chi connectivity index (χ4n) is 17.0. The molecule has 0 fully saturated rings. The molecule has 2 aliphatic heterocycles. The number of anilines is 6. The second-order valence-corrected chi connectivity index (χ2v) is 37.2. The molecule has 0 N–H and O–H groups in total. The third kappa shape index (κ3) is 12.5. The molecule has 113 heavy (non-hydrogen) atoms. The van der Waals surface area contributed by atoms with Crippen molar-refractivity contribution in [3.8, 4) is 67.0 Å². The highest BCUT2D eigenvalue weighted by molar-refractivity contribution is 7.00. The SMILES string of the molecule is [2H]c1c([2H])c([2H])c(-c2ccc3c(c2)N(c2c(-c4ccccc4)cc(C(C)(C)C)cc2-c2cc(C(C)(C)C)nc(C(C)(C)C)c2)c2cc(-n4c5c([2H])c([2H])c([2H])c([2H])c5c5c([2H])c([2H])c([2H])c([2H])c54)cc4c2B3c2ccc(-n3c5ccc(C(C)(C)C)cc5c5cc(C(C)(C)C)ccc53)cc2N4c2c(-c3ccccc3)cc(C(C)(C)C)cc2-c2ccccc2)c([2H])c1[2H]. The van der Waals surface area contributed by atoms with Crippen molar-refractivity contribution < 1.29 is 17.8 Å². The van der Waals surface area contributed by atoms with E-state index in [9.17, 15) is 16.4 Å². The normalized spacial score (nSPS) is 15.0. The summed E-state index contributed by atoms with van der Waals surface area (Å²) in [5.41, 5.74) is 20.2. The van der Waals surface area contributed by atoms with Crippen LogP contribution < -0.4 is 26.2 Å². The number of benzene rings is 13. The van der Waals surface area contributed by atoms with E-state index < -0.39 is 107 Å². The predicted octanol–water partition coefficient (Wildman–Crippen LogP) is 27.5. The zero-order valence-electron chi connectivity index (χ0n) is 81.0. The predicted molar refractivity (Wildman–Crippen MR) is 486 cm³/mol. The smallest absolute Gasteiger partial charge is 0.252 e. The first-order chi connectivity index (χ1) is 59.2. The summed E-state index contributed by atoms with van der Waals surface area (Å²) in [7, 11) is 0. The van der Waals surface area contributed by atoms with Gasteiger partial charge in [-0.05, 0) is 197 Å². The van der Waals surface area contributed by atoms with Crippen LogP contribution in [0.1, 0.15) is 176 Å². The third-order valence-corrected chi connectivity index (χ3v) is 23.2. The van der Waals surface area contributed by atoms with E-state index in [1.54, 1.807) is 4.57 Å². The molecule has 18 rings (SSSR count). The van der Waals surface area contributed by atoms with Crippen LogP contribution in [0.4, 0.5) is 34.1 Å². The summed E-state index contributed by atoms with van der Waals surface area (Å²) in [6, 6.07) is 68.8. The minimum Gasteiger partial charge on any atom is -0.310 e. The Bertz CT molecular complexity index is 7040. The fraction of sp³-hybridized carbons (Fsp3) is 0.224. The van der Waals surface area contributed by atoms with Gasteiger partial charge in [0.2, 0.25) is 0 Å². The zero-order valence-corrected chi connectivity index (χ0v) is 68.0. The van der Waals surface area contributed by atoms with Crippen LogP contribution in [0.5, 0.6) is 0 Å². The second-order valence-electron chi connectivity index (χ2n) is 37.2. The molecule has 0 saturated carbocycles. The van der Waals surface area contributed by atoms with Gasteiger partial charge in [0.15, 0.2) is 0 Å². The van der Waals surface area contributed by atoms with Crippen molar-refractivity contribution in [2.24, 2.45) is 0 Å². The average molecular weight is 1480 g/mol. The maximum absolute atomic E-state index is 10.4. The van der Waals surface area contributed by atoms with Crippen molar-refractivity contribution in [1.29, 1.82) is 0 Å². The summed E-state index contributed by atoms with van der Waals surface area (Å²) in [5.74, 6) is 0. The first kappa shape index (κ1) is 59.1. The summed E-state index contributed by atoms with van der Waals surface area (Å²) < 4.78 is 131. The van der Waals surface area contributed by atoms with Gasteiger partial charge in [-0.1, -0.05) is 312 Å². The number of nitrogens with zero attached hydrogens (tertiary/aromatic N) is 5. The molecule has 558 valence electrons. The van der Waals surface area contributed by atoms with Crippen LogP contribution in [0.25, 0.3) is 111 Å². The molecule has 0 spiro atoms. The molecule has 0 radical (unpaired) electrons. The Morgan fingerprint density at radius 3 is 1.08 bits per heavy atom. The van der Waals surface area contributed by atoms with Crippen molar-refractivity contribution in [3.05, 3.63) is 325 Å². The zero-order chi connectivity index (χ0) is 90.1. The molecule has 0 saturated heterocycles. The van der Waals surface area contributed by atoms with Crippen LogP contribution in [0.2, 0.25) is 0 Å². The van der Waals surface area contributed by atoms with Crippen molar-refractivity contribution in [1.82, 2.24) is 14.1 Å². The number of aromatic nitrogens is 3. The minimum atomic E-state index is -0.771. The highest BCUT2D eigenvalue weighted by Gasteiger charge is 2.47. The molecule has 3 aromatic heterocycles. The van der Waals surface area contributed by atoms with E-state index >= 15 is 0 Å². The van der Waals surface area contributed by atoms with E-state index in [0.29, 0.717) is 28.3 Å². The molecule has 0 unspecified atom stereocenters. The topological polar surface area (TPSA) is 29.2 Å². The monoisotopic (exact) mass is 1480 g/mol. The molecule has 0 aliphatic carbocycles. The standard InChI is InChI=1S/C107H102BN5/c1-102(2,3)73-48-53-91-85(58-73)86-59-74(103(4,5)6)49-54-92(86)110(91)77-50-52-88-94(64-77)113(100-81(68-37-25-20-26-38-68)60-75(104(7,8)9)61-82(100)69-39-27-21-28-40-69)96-66-78(111-89-45-33-31-43-79(89)80-44-32-34-46-90(80)111)65-95-99(96)108(88)87-51-47-71(67-35-23-19-24-36-67)55-93(87)112(95)101-83(70-41-29-22-30-42-70)62-76(105(10,11)12)63-84(101)72-56-97(106(13,14)15)109-98(57-72)107(16,17)18/h19-66H,1-18H3/i19D,23D,24D,31D,32D,33D,34D,35D,36D,43D,44D,45D,46D. The van der Waals surface area contributed by atoms with E-state index in [-0.39, 0.29) is 43.9 Å². The van der Waals surface area contributed by atoms with Crippen LogP contribution in [-0.4, -0.2) is 20.8 Å². The Hall–Kier alpha value is -11.7. The average Bonchev–Trinajstić information content (AvgIpc) is 1.06. The van der Waals surface area contributed by atoms with Gasteiger partial charge in [-0.3, -0.25) is 4.98 Å². The van der Waals surface area contributed by atoms with Gasteiger partial charge in [-0.2, -0.15) is 0 Å². The highest BCUT2D eigenvalue weighted by Crippen LogP contribution is 2.56. The molecule has 16 aromatic rings. The van der Waals surface area contributed by atoms with Crippen molar-refractivity contribution in [3.63, 3.8) is 0 Å². The Balaban J connectivity index is 1.13. The molecule has 13 aromatic carbocycles. The molecule has 0 bridgehead atoms. The minimum absolute atomic E-state index is 0.0150. The molecule has 5 heterocycles. The Morgan fingerprint density at radius 1 is 0.274 bits per heavy atom. The Kier molecular flexibility index (Phi) is 13.8. The van der Waals surface area contributed by atoms with Crippen molar-refractivity contribution in [2.75, 3.05) is 9.80 Å². The second kappa shape index (κ2) is 26.5. The Morgan fingerprint density at radius 2 is 0.655 bits per heavy atom. The van der Waals surface area contributed by atoms with Gasteiger partial charge in [-0.15, -0.1) is 0 Å². The van der Waals surface area contributed by atoms with Crippen LogP contribution in [0.15, 0.2) is 291 Å². The van der Waals surface area contributed by atoms with E-state index in [2.05, 4.69) is 303 Å². The highest BCUT2D eigenvalue weighted by atomic mass is 15.2. The van der Waals surface area contributed by atoms with Crippen molar-refractivity contribution in [2.45, 2.75) is 157 Å². The summed E-state index contributed by atoms with van der Waals surface area (Å²) in [6.07, 6.45) is 0. The molecule has 0 amide bonds. The van der Waals surface area contributed by atoms with E-state index in [0.717, 1.165) is 122 Å². The molecular weight excluding hydrogens is 1370 g/mol. The van der Waals surface area contributed by atoms with Crippen LogP contribution >= 0.6 is 0 Å². The number of pyridine rings is 1. The molecule has 5 nitrogen and oxygen atoms in total. The van der Waals surface area contributed by atoms with Gasteiger partial charge in [0.05, 0.1) is 56.9 Å². The lowest BCUT2D eigenvalue weighted by Crippen LogP contribution is -2.61. The van der Waals surface area contributed by atoms with Gasteiger partial charge < -0.3 is 18.9 Å². The van der Waals surface area contributed by atoms with E-state index in [1.807, 2.05) is 48.5 Å². The van der Waals surface area contributed by atoms with Gasteiger partial charge >= 0.3 is 0 Å². The number of rotatable bonds is 9. The number of hydrogen-bond donors (Lipinski definition) is 0. The quantitative estimate of drug-likeness (QED) is 0.135. The van der Waals surface area contributed by atoms with Crippen LogP contribution in [0.3, 0.4) is 0 Å². The van der Waals surface area contributed by atoms with Gasteiger partial charge in [0.1, 0.15) is 0 Å². The first-order valence-corrected chi connectivity index (χ1v) is 39.5. The first-order valence-electron chi connectivity index (χ1n) is 46.0. The number of hydrogen-bond acceptors (Lipinski definition) is 3. The van der Waals surface area contributed by atoms with E-state index in [1.165, 1.54) is 11.1 Å². The summed E-state index contributed by atoms with van der Waals surface area (Å²) in [6.45, 7) is 39.1. The van der Waals surface area contributed by atoms with Crippen LogP contribution in [0, 0.1) is 0 Å². The lowest BCUT2D eigenvalue weighted by atomic mass is 9.33. The fourth-order valence-corrected chi connectivity index (χ4v) is 17.0. The van der Waals surface area contributed by atoms with Crippen molar-refractivity contribution >= 4 is 101 Å². The van der Waals surface area contributed by atoms with E-state index in [4.69, 9.17) is 6.35 Å². The summed E-state index contributed by atoms with van der Waals surface area (Å²) in [4.78, 5) is 10.2. The summed E-state index contributed by atoms with van der Waals surface area (Å²) in [5, 5.41) is 1.99. The van der Waals surface area contributed by atoms with Gasteiger partial charge in [0.25, 0.3) is 6.71 Å². The van der Waals surface area contributed by atoms with Gasteiger partial charge in [-0.25, -0.2) is 0 Å². The number of para-hydroxylation sites is 2. The summed E-state index contributed by atoms with van der Waals surface area (Å²) >= 11 is 0. The molecule has 2 aliphatic rings. The molecular formula is C107H102BN5.